The first-order chi connectivity index (χ1) is 10.1. The Morgan fingerprint density at radius 2 is 2.00 bits per heavy atom. The summed E-state index contributed by atoms with van der Waals surface area (Å²) in [5, 5.41) is 3.44. The number of rotatable bonds is 5. The molecule has 21 heavy (non-hydrogen) atoms. The summed E-state index contributed by atoms with van der Waals surface area (Å²) >= 11 is 0. The van der Waals surface area contributed by atoms with Gasteiger partial charge in [-0.15, -0.1) is 0 Å². The third kappa shape index (κ3) is 2.78. The molecule has 1 aliphatic rings. The standard InChI is InChI=1S/C18H23NO2/c1-11-5-7-16(13(3)18(11)20-4)19-10-14-6-8-17(21-14)15-9-12(15)2/h5-8,12,15,19H,9-10H2,1-4H3. The van der Waals surface area contributed by atoms with E-state index in [-0.39, 0.29) is 0 Å². The van der Waals surface area contributed by atoms with Gasteiger partial charge in [0.1, 0.15) is 17.3 Å². The largest absolute Gasteiger partial charge is 0.496 e. The van der Waals surface area contributed by atoms with E-state index < -0.39 is 0 Å². The van der Waals surface area contributed by atoms with E-state index in [4.69, 9.17) is 9.15 Å². The molecule has 1 aliphatic carbocycles. The van der Waals surface area contributed by atoms with E-state index in [0.29, 0.717) is 12.5 Å². The van der Waals surface area contributed by atoms with Crippen LogP contribution >= 0.6 is 0 Å². The van der Waals surface area contributed by atoms with Gasteiger partial charge in [-0.3, -0.25) is 0 Å². The Labute approximate surface area is 126 Å². The highest BCUT2D eigenvalue weighted by molar-refractivity contribution is 5.59. The molecule has 2 aromatic rings. The molecule has 0 spiro atoms. The molecule has 1 fully saturated rings. The van der Waals surface area contributed by atoms with E-state index in [0.717, 1.165) is 40.0 Å². The first kappa shape index (κ1) is 14.1. The monoisotopic (exact) mass is 285 g/mol. The van der Waals surface area contributed by atoms with E-state index in [9.17, 15) is 0 Å². The number of hydrogen-bond acceptors (Lipinski definition) is 3. The topological polar surface area (TPSA) is 34.4 Å². The van der Waals surface area contributed by atoms with Gasteiger partial charge in [0.15, 0.2) is 0 Å². The summed E-state index contributed by atoms with van der Waals surface area (Å²) in [6.45, 7) is 7.11. The van der Waals surface area contributed by atoms with Crippen molar-refractivity contribution in [1.82, 2.24) is 0 Å². The molecular weight excluding hydrogens is 262 g/mol. The smallest absolute Gasteiger partial charge is 0.126 e. The number of furan rings is 1. The van der Waals surface area contributed by atoms with Gasteiger partial charge in [0.2, 0.25) is 0 Å². The Morgan fingerprint density at radius 3 is 2.67 bits per heavy atom. The Hall–Kier alpha value is -1.90. The van der Waals surface area contributed by atoms with Crippen molar-refractivity contribution >= 4 is 5.69 Å². The van der Waals surface area contributed by atoms with Crippen LogP contribution in [-0.4, -0.2) is 7.11 Å². The molecule has 0 radical (unpaired) electrons. The van der Waals surface area contributed by atoms with Crippen molar-refractivity contribution in [3.8, 4) is 5.75 Å². The molecule has 1 N–H and O–H groups in total. The van der Waals surface area contributed by atoms with Crippen molar-refractivity contribution in [2.75, 3.05) is 12.4 Å². The highest BCUT2D eigenvalue weighted by Gasteiger charge is 2.36. The van der Waals surface area contributed by atoms with Crippen molar-refractivity contribution < 1.29 is 9.15 Å². The molecule has 3 rings (SSSR count). The predicted octanol–water partition coefficient (Wildman–Crippen LogP) is 4.64. The fourth-order valence-electron chi connectivity index (χ4n) is 2.92. The molecular formula is C18H23NO2. The average Bonchev–Trinajstić information content (AvgIpc) is 3.01. The maximum atomic E-state index is 5.93. The quantitative estimate of drug-likeness (QED) is 0.869. The molecule has 112 valence electrons. The minimum atomic E-state index is 0.639. The van der Waals surface area contributed by atoms with Crippen molar-refractivity contribution in [2.24, 2.45) is 5.92 Å². The fourth-order valence-corrected chi connectivity index (χ4v) is 2.92. The molecule has 0 saturated heterocycles. The number of hydrogen-bond donors (Lipinski definition) is 1. The van der Waals surface area contributed by atoms with E-state index >= 15 is 0 Å². The summed E-state index contributed by atoms with van der Waals surface area (Å²) in [5.74, 6) is 4.49. The van der Waals surface area contributed by atoms with Crippen LogP contribution in [0.15, 0.2) is 28.7 Å². The highest BCUT2D eigenvalue weighted by Crippen LogP contribution is 2.47. The average molecular weight is 285 g/mol. The Balaban J connectivity index is 1.69. The predicted molar refractivity (Wildman–Crippen MR) is 85.0 cm³/mol. The van der Waals surface area contributed by atoms with E-state index in [1.807, 2.05) is 0 Å². The fraction of sp³-hybridized carbons (Fsp3) is 0.444. The molecule has 1 saturated carbocycles. The van der Waals surface area contributed by atoms with Gasteiger partial charge in [-0.1, -0.05) is 13.0 Å². The molecule has 0 bridgehead atoms. The van der Waals surface area contributed by atoms with Crippen molar-refractivity contribution in [1.29, 1.82) is 0 Å². The lowest BCUT2D eigenvalue weighted by molar-refractivity contribution is 0.409. The summed E-state index contributed by atoms with van der Waals surface area (Å²) in [5.41, 5.74) is 3.39. The van der Waals surface area contributed by atoms with Crippen molar-refractivity contribution in [2.45, 2.75) is 39.7 Å². The number of ether oxygens (including phenoxy) is 1. The lowest BCUT2D eigenvalue weighted by Crippen LogP contribution is -2.02. The minimum absolute atomic E-state index is 0.639. The molecule has 2 unspecified atom stereocenters. The van der Waals surface area contributed by atoms with Gasteiger partial charge in [-0.05, 0) is 49.9 Å². The van der Waals surface area contributed by atoms with Crippen LogP contribution in [0.25, 0.3) is 0 Å². The van der Waals surface area contributed by atoms with Crippen molar-refractivity contribution in [3.63, 3.8) is 0 Å². The van der Waals surface area contributed by atoms with Gasteiger partial charge < -0.3 is 14.5 Å². The number of aryl methyl sites for hydroxylation is 1. The second-order valence-electron chi connectivity index (χ2n) is 6.07. The van der Waals surface area contributed by atoms with Crippen molar-refractivity contribution in [3.05, 3.63) is 46.9 Å². The van der Waals surface area contributed by atoms with E-state index in [1.165, 1.54) is 6.42 Å². The zero-order valence-electron chi connectivity index (χ0n) is 13.2. The normalized spacial score (nSPS) is 20.4. The zero-order valence-corrected chi connectivity index (χ0v) is 13.2. The van der Waals surface area contributed by atoms with E-state index in [2.05, 4.69) is 50.4 Å². The summed E-state index contributed by atoms with van der Waals surface area (Å²) in [6.07, 6.45) is 1.26. The van der Waals surface area contributed by atoms with Crippen LogP contribution in [0, 0.1) is 19.8 Å². The molecule has 1 heterocycles. The first-order valence-corrected chi connectivity index (χ1v) is 7.56. The van der Waals surface area contributed by atoms with Crippen LogP contribution < -0.4 is 10.1 Å². The maximum Gasteiger partial charge on any atom is 0.126 e. The van der Waals surface area contributed by atoms with E-state index in [1.54, 1.807) is 7.11 Å². The third-order valence-corrected chi connectivity index (χ3v) is 4.42. The SMILES string of the molecule is COc1c(C)ccc(NCc2ccc(C3CC3C)o2)c1C. The number of anilines is 1. The summed E-state index contributed by atoms with van der Waals surface area (Å²) in [6, 6.07) is 8.37. The van der Waals surface area contributed by atoms with Crippen LogP contribution in [0.4, 0.5) is 5.69 Å². The molecule has 1 aromatic carbocycles. The second kappa shape index (κ2) is 5.47. The van der Waals surface area contributed by atoms with Crippen LogP contribution in [0.5, 0.6) is 5.75 Å². The summed E-state index contributed by atoms with van der Waals surface area (Å²) in [4.78, 5) is 0. The number of nitrogens with one attached hydrogen (secondary N) is 1. The van der Waals surface area contributed by atoms with Gasteiger partial charge >= 0.3 is 0 Å². The zero-order chi connectivity index (χ0) is 15.0. The molecule has 3 heteroatoms. The van der Waals surface area contributed by atoms with Gasteiger partial charge in [-0.2, -0.15) is 0 Å². The molecule has 3 nitrogen and oxygen atoms in total. The highest BCUT2D eigenvalue weighted by atomic mass is 16.5. The second-order valence-corrected chi connectivity index (χ2v) is 6.07. The van der Waals surface area contributed by atoms with Crippen LogP contribution in [0.1, 0.15) is 41.9 Å². The molecule has 1 aromatic heterocycles. The molecule has 0 amide bonds. The maximum absolute atomic E-state index is 5.93. The Kier molecular flexibility index (Phi) is 3.66. The summed E-state index contributed by atoms with van der Waals surface area (Å²) in [7, 11) is 1.72. The van der Waals surface area contributed by atoms with Crippen LogP contribution in [0.3, 0.4) is 0 Å². The number of benzene rings is 1. The summed E-state index contributed by atoms with van der Waals surface area (Å²) < 4.78 is 11.4. The van der Waals surface area contributed by atoms with Crippen LogP contribution in [-0.2, 0) is 6.54 Å². The Morgan fingerprint density at radius 1 is 1.24 bits per heavy atom. The minimum Gasteiger partial charge on any atom is -0.496 e. The third-order valence-electron chi connectivity index (χ3n) is 4.42. The van der Waals surface area contributed by atoms with Gasteiger partial charge in [0.25, 0.3) is 0 Å². The lowest BCUT2D eigenvalue weighted by atomic mass is 10.1. The first-order valence-electron chi connectivity index (χ1n) is 7.56. The van der Waals surface area contributed by atoms with Gasteiger partial charge in [0, 0.05) is 17.2 Å². The lowest BCUT2D eigenvalue weighted by Gasteiger charge is -2.14. The van der Waals surface area contributed by atoms with Gasteiger partial charge in [-0.25, -0.2) is 0 Å². The number of methoxy groups -OCH3 is 1. The van der Waals surface area contributed by atoms with Gasteiger partial charge in [0.05, 0.1) is 13.7 Å². The van der Waals surface area contributed by atoms with Crippen LogP contribution in [0.2, 0.25) is 0 Å². The Bertz CT molecular complexity index is 645. The molecule has 2 atom stereocenters. The molecule has 0 aliphatic heterocycles.